The molecule has 0 bridgehead atoms. The molecular weight excluding hydrogens is 226 g/mol. The second-order valence-corrected chi connectivity index (χ2v) is 4.64. The predicted octanol–water partition coefficient (Wildman–Crippen LogP) is 2.53. The molecule has 0 amide bonds. The Labute approximate surface area is 109 Å². The van der Waals surface area contributed by atoms with E-state index in [1.807, 2.05) is 13.0 Å². The lowest BCUT2D eigenvalue weighted by Gasteiger charge is -2.28. The van der Waals surface area contributed by atoms with Crippen molar-refractivity contribution < 1.29 is 9.47 Å². The number of hydrogen-bond acceptors (Lipinski definition) is 3. The quantitative estimate of drug-likeness (QED) is 0.840. The van der Waals surface area contributed by atoms with Crippen molar-refractivity contribution in [3.63, 3.8) is 0 Å². The Kier molecular flexibility index (Phi) is 5.65. The fraction of sp³-hybridized carbons (Fsp3) is 0.600. The molecule has 1 aliphatic rings. The molecule has 1 heterocycles. The van der Waals surface area contributed by atoms with Crippen LogP contribution in [0.25, 0.3) is 0 Å². The van der Waals surface area contributed by atoms with Gasteiger partial charge in [-0.3, -0.25) is 0 Å². The summed E-state index contributed by atoms with van der Waals surface area (Å²) in [6.45, 7) is 5.51. The molecule has 3 nitrogen and oxygen atoms in total. The van der Waals surface area contributed by atoms with Crippen LogP contribution in [0.15, 0.2) is 30.3 Å². The van der Waals surface area contributed by atoms with Crippen molar-refractivity contribution in [2.45, 2.75) is 32.0 Å². The SMILES string of the molecule is CCOC[C@@H](OC1CCNCC1)c1ccccc1. The number of rotatable bonds is 6. The molecule has 0 aromatic heterocycles. The summed E-state index contributed by atoms with van der Waals surface area (Å²) in [4.78, 5) is 0. The van der Waals surface area contributed by atoms with Gasteiger partial charge in [-0.15, -0.1) is 0 Å². The van der Waals surface area contributed by atoms with Crippen LogP contribution in [0.4, 0.5) is 0 Å². The molecule has 1 aromatic rings. The first kappa shape index (κ1) is 13.5. The third-order valence-corrected chi connectivity index (χ3v) is 3.29. The van der Waals surface area contributed by atoms with Gasteiger partial charge in [-0.05, 0) is 38.4 Å². The Morgan fingerprint density at radius 1 is 1.22 bits per heavy atom. The van der Waals surface area contributed by atoms with Crippen LogP contribution in [0.2, 0.25) is 0 Å². The normalized spacial score (nSPS) is 18.7. The van der Waals surface area contributed by atoms with Gasteiger partial charge in [0.2, 0.25) is 0 Å². The zero-order chi connectivity index (χ0) is 12.6. The van der Waals surface area contributed by atoms with E-state index in [9.17, 15) is 0 Å². The van der Waals surface area contributed by atoms with Gasteiger partial charge in [0.25, 0.3) is 0 Å². The first-order valence-corrected chi connectivity index (χ1v) is 6.89. The van der Waals surface area contributed by atoms with Crippen LogP contribution in [0.5, 0.6) is 0 Å². The summed E-state index contributed by atoms with van der Waals surface area (Å²) in [5.74, 6) is 0. The Balaban J connectivity index is 1.95. The van der Waals surface area contributed by atoms with E-state index in [1.165, 1.54) is 5.56 Å². The lowest BCUT2D eigenvalue weighted by atomic mass is 10.1. The Bertz CT molecular complexity index is 323. The summed E-state index contributed by atoms with van der Waals surface area (Å²) in [6, 6.07) is 10.4. The molecule has 0 spiro atoms. The maximum absolute atomic E-state index is 6.21. The Morgan fingerprint density at radius 2 is 1.94 bits per heavy atom. The minimum atomic E-state index is 0.0641. The van der Waals surface area contributed by atoms with Gasteiger partial charge in [0.05, 0.1) is 12.7 Å². The molecule has 1 fully saturated rings. The molecule has 0 radical (unpaired) electrons. The van der Waals surface area contributed by atoms with Gasteiger partial charge < -0.3 is 14.8 Å². The molecule has 18 heavy (non-hydrogen) atoms. The van der Waals surface area contributed by atoms with Crippen molar-refractivity contribution in [1.82, 2.24) is 5.32 Å². The first-order chi connectivity index (χ1) is 8.90. The van der Waals surface area contributed by atoms with Gasteiger partial charge >= 0.3 is 0 Å². The number of piperidine rings is 1. The van der Waals surface area contributed by atoms with E-state index in [1.54, 1.807) is 0 Å². The van der Waals surface area contributed by atoms with E-state index in [2.05, 4.69) is 29.6 Å². The maximum atomic E-state index is 6.21. The molecule has 1 N–H and O–H groups in total. The van der Waals surface area contributed by atoms with E-state index in [0.717, 1.165) is 32.5 Å². The van der Waals surface area contributed by atoms with Crippen LogP contribution in [-0.4, -0.2) is 32.4 Å². The summed E-state index contributed by atoms with van der Waals surface area (Å²) in [5, 5.41) is 3.36. The largest absolute Gasteiger partial charge is 0.379 e. The van der Waals surface area contributed by atoms with Crippen molar-refractivity contribution in [2.24, 2.45) is 0 Å². The molecule has 2 rings (SSSR count). The second kappa shape index (κ2) is 7.52. The Hall–Kier alpha value is -0.900. The van der Waals surface area contributed by atoms with Gasteiger partial charge in [0, 0.05) is 6.61 Å². The van der Waals surface area contributed by atoms with Gasteiger partial charge in [-0.1, -0.05) is 30.3 Å². The van der Waals surface area contributed by atoms with Crippen molar-refractivity contribution in [3.05, 3.63) is 35.9 Å². The zero-order valence-corrected chi connectivity index (χ0v) is 11.1. The van der Waals surface area contributed by atoms with Crippen molar-refractivity contribution in [3.8, 4) is 0 Å². The van der Waals surface area contributed by atoms with E-state index < -0.39 is 0 Å². The third kappa shape index (κ3) is 4.09. The average molecular weight is 249 g/mol. The minimum absolute atomic E-state index is 0.0641. The molecule has 0 aliphatic carbocycles. The fourth-order valence-electron chi connectivity index (χ4n) is 2.27. The smallest absolute Gasteiger partial charge is 0.106 e. The summed E-state index contributed by atoms with van der Waals surface area (Å²) in [5.41, 5.74) is 1.21. The summed E-state index contributed by atoms with van der Waals surface area (Å²) in [6.07, 6.45) is 2.61. The molecule has 1 saturated heterocycles. The highest BCUT2D eigenvalue weighted by Crippen LogP contribution is 2.22. The molecule has 1 atom stereocenters. The summed E-state index contributed by atoms with van der Waals surface area (Å²) >= 11 is 0. The van der Waals surface area contributed by atoms with Gasteiger partial charge in [0.1, 0.15) is 6.10 Å². The van der Waals surface area contributed by atoms with E-state index in [0.29, 0.717) is 12.7 Å². The molecule has 1 aliphatic heterocycles. The van der Waals surface area contributed by atoms with E-state index in [4.69, 9.17) is 9.47 Å². The van der Waals surface area contributed by atoms with Gasteiger partial charge in [0.15, 0.2) is 0 Å². The Morgan fingerprint density at radius 3 is 2.61 bits per heavy atom. The first-order valence-electron chi connectivity index (χ1n) is 6.89. The van der Waals surface area contributed by atoms with Crippen molar-refractivity contribution in [2.75, 3.05) is 26.3 Å². The maximum Gasteiger partial charge on any atom is 0.106 e. The molecule has 0 saturated carbocycles. The minimum Gasteiger partial charge on any atom is -0.379 e. The van der Waals surface area contributed by atoms with Crippen LogP contribution >= 0.6 is 0 Å². The number of hydrogen-bond donors (Lipinski definition) is 1. The molecular formula is C15H23NO2. The van der Waals surface area contributed by atoms with Crippen molar-refractivity contribution >= 4 is 0 Å². The van der Waals surface area contributed by atoms with Crippen molar-refractivity contribution in [1.29, 1.82) is 0 Å². The average Bonchev–Trinajstić information content (AvgIpc) is 2.45. The highest BCUT2D eigenvalue weighted by molar-refractivity contribution is 5.17. The van der Waals surface area contributed by atoms with E-state index in [-0.39, 0.29) is 6.10 Å². The van der Waals surface area contributed by atoms with Crippen LogP contribution < -0.4 is 5.32 Å². The summed E-state index contributed by atoms with van der Waals surface area (Å²) < 4.78 is 11.8. The zero-order valence-electron chi connectivity index (χ0n) is 11.1. The van der Waals surface area contributed by atoms with Crippen LogP contribution in [0, 0.1) is 0 Å². The number of ether oxygens (including phenoxy) is 2. The van der Waals surface area contributed by atoms with Crippen LogP contribution in [-0.2, 0) is 9.47 Å². The molecule has 0 unspecified atom stereocenters. The predicted molar refractivity (Wildman–Crippen MR) is 72.7 cm³/mol. The lowest BCUT2D eigenvalue weighted by molar-refractivity contribution is -0.0668. The van der Waals surface area contributed by atoms with Crippen LogP contribution in [0.3, 0.4) is 0 Å². The highest BCUT2D eigenvalue weighted by atomic mass is 16.5. The number of nitrogens with one attached hydrogen (secondary N) is 1. The topological polar surface area (TPSA) is 30.5 Å². The molecule has 3 heteroatoms. The standard InChI is InChI=1S/C15H23NO2/c1-2-17-12-15(13-6-4-3-5-7-13)18-14-8-10-16-11-9-14/h3-7,14-16H,2,8-12H2,1H3/t15-/m1/s1. The van der Waals surface area contributed by atoms with Gasteiger partial charge in [-0.25, -0.2) is 0 Å². The number of benzene rings is 1. The monoisotopic (exact) mass is 249 g/mol. The summed E-state index contributed by atoms with van der Waals surface area (Å²) in [7, 11) is 0. The third-order valence-electron chi connectivity index (χ3n) is 3.29. The van der Waals surface area contributed by atoms with Crippen LogP contribution in [0.1, 0.15) is 31.4 Å². The fourth-order valence-corrected chi connectivity index (χ4v) is 2.27. The van der Waals surface area contributed by atoms with E-state index >= 15 is 0 Å². The molecule has 100 valence electrons. The highest BCUT2D eigenvalue weighted by Gasteiger charge is 2.20. The second-order valence-electron chi connectivity index (χ2n) is 4.64. The molecule has 1 aromatic carbocycles. The van der Waals surface area contributed by atoms with Gasteiger partial charge in [-0.2, -0.15) is 0 Å². The lowest BCUT2D eigenvalue weighted by Crippen LogP contribution is -2.34.